The quantitative estimate of drug-likeness (QED) is 0.285. The van der Waals surface area contributed by atoms with E-state index in [1.54, 1.807) is 0 Å². The number of hydrogen-bond donors (Lipinski definition) is 1. The van der Waals surface area contributed by atoms with Gasteiger partial charge < -0.3 is 5.98 Å². The van der Waals surface area contributed by atoms with Gasteiger partial charge in [-0.3, -0.25) is 0 Å². The van der Waals surface area contributed by atoms with Crippen LogP contribution in [0.3, 0.4) is 0 Å². The summed E-state index contributed by atoms with van der Waals surface area (Å²) in [5.41, 5.74) is 0. The molecule has 1 atom stereocenters. The van der Waals surface area contributed by atoms with Gasteiger partial charge in [0.2, 0.25) is 0 Å². The normalized spacial score (nSPS) is 12.1. The van der Waals surface area contributed by atoms with E-state index in [1.807, 2.05) is 0 Å². The first kappa shape index (κ1) is 24.0. The molecule has 0 aliphatic heterocycles. The Labute approximate surface area is 173 Å². The van der Waals surface area contributed by atoms with E-state index in [2.05, 4.69) is 6.92 Å². The summed E-state index contributed by atoms with van der Waals surface area (Å²) in [6.07, 6.45) is 18.5. The third-order valence-corrected chi connectivity index (χ3v) is 4.31. The van der Waals surface area contributed by atoms with Gasteiger partial charge in [-0.05, 0) is 6.42 Å². The summed E-state index contributed by atoms with van der Waals surface area (Å²) in [7, 11) is 0. The summed E-state index contributed by atoms with van der Waals surface area (Å²) in [6.45, 7) is 2.27. The Morgan fingerprint density at radius 1 is 0.700 bits per heavy atom. The molecule has 0 aliphatic rings. The molecule has 0 saturated carbocycles. The maximum atomic E-state index is 10.4. The minimum absolute atomic E-state index is 0. The van der Waals surface area contributed by atoms with Gasteiger partial charge in [-0.15, -0.1) is 0 Å². The molecule has 0 aromatic carbocycles. The third-order valence-electron chi connectivity index (χ3n) is 3.67. The maximum Gasteiger partial charge on any atom is 1.00 e. The Balaban J connectivity index is -0.00000162. The first-order valence-electron chi connectivity index (χ1n) is 8.35. The zero-order chi connectivity index (χ0) is 14.2. The summed E-state index contributed by atoms with van der Waals surface area (Å²) >= 11 is -1.58. The monoisotopic (exact) mass is 330 g/mol. The fourth-order valence-corrected chi connectivity index (χ4v) is 2.87. The van der Waals surface area contributed by atoms with Crippen LogP contribution in [0, 0.1) is 0 Å². The van der Waals surface area contributed by atoms with Crippen LogP contribution in [0.25, 0.3) is 0 Å². The molecule has 0 fully saturated rings. The van der Waals surface area contributed by atoms with Crippen molar-refractivity contribution < 1.29 is 61.6 Å². The average Bonchev–Trinajstić information content (AvgIpc) is 2.39. The van der Waals surface area contributed by atoms with Crippen LogP contribution >= 0.6 is 0 Å². The Kier molecular flexibility index (Phi) is 24.9. The molecule has 0 aromatic rings. The molecule has 0 aromatic heterocycles. The number of unbranched alkanes of at least 4 members (excludes halogenated alkanes) is 13. The molecule has 0 radical (unpaired) electrons. The molecule has 0 rings (SSSR count). The molecule has 1 unspecified atom stereocenters. The van der Waals surface area contributed by atoms with E-state index in [0.29, 0.717) is 5.75 Å². The smallest absolute Gasteiger partial charge is 1.00 e. The molecule has 118 valence electrons. The summed E-state index contributed by atoms with van der Waals surface area (Å²) in [6, 6.07) is 0. The zero-order valence-corrected chi connectivity index (χ0v) is 17.8. The average molecular weight is 331 g/mol. The standard InChI is InChI=1S/C16H34O2S.K.H/c1-2-3-4-5-6-7-8-9-10-11-12-13-14-15-16-19(17)18;;/h2-16H2,1H3,(H,17,18);;/q;+1;-1. The van der Waals surface area contributed by atoms with E-state index in [1.165, 1.54) is 77.0 Å². The Morgan fingerprint density at radius 2 is 1.00 bits per heavy atom. The van der Waals surface area contributed by atoms with Crippen molar-refractivity contribution in [2.45, 2.75) is 96.8 Å². The van der Waals surface area contributed by atoms with Gasteiger partial charge in [0.15, 0.2) is 11.1 Å². The number of hydrogen-bond acceptors (Lipinski definition) is 1. The molecule has 2 nitrogen and oxygen atoms in total. The van der Waals surface area contributed by atoms with Crippen molar-refractivity contribution in [3.8, 4) is 0 Å². The number of rotatable bonds is 15. The van der Waals surface area contributed by atoms with Gasteiger partial charge in [-0.25, -0.2) is 4.21 Å². The van der Waals surface area contributed by atoms with Crippen molar-refractivity contribution in [1.29, 1.82) is 0 Å². The molecule has 20 heavy (non-hydrogen) atoms. The van der Waals surface area contributed by atoms with Gasteiger partial charge in [0, 0.05) is 5.75 Å². The fraction of sp³-hybridized carbons (Fsp3) is 1.00. The predicted molar refractivity (Wildman–Crippen MR) is 87.1 cm³/mol. The fourth-order valence-electron chi connectivity index (χ4n) is 2.42. The largest absolute Gasteiger partial charge is 1.00 e. The van der Waals surface area contributed by atoms with E-state index in [0.717, 1.165) is 12.8 Å². The molecule has 0 bridgehead atoms. The van der Waals surface area contributed by atoms with Crippen LogP contribution in [0.4, 0.5) is 0 Å². The Morgan fingerprint density at radius 3 is 1.30 bits per heavy atom. The van der Waals surface area contributed by atoms with Gasteiger partial charge in [0.1, 0.15) is 0 Å². The summed E-state index contributed by atoms with van der Waals surface area (Å²) in [4.78, 5) is 0. The molecule has 0 spiro atoms. The van der Waals surface area contributed by atoms with Crippen LogP contribution in [0.1, 0.15) is 98.2 Å². The third kappa shape index (κ3) is 22.0. The summed E-state index contributed by atoms with van der Waals surface area (Å²) < 4.78 is 19.0. The second-order valence-electron chi connectivity index (χ2n) is 5.62. The van der Waals surface area contributed by atoms with Crippen LogP contribution < -0.4 is 51.4 Å². The van der Waals surface area contributed by atoms with Crippen molar-refractivity contribution in [3.05, 3.63) is 0 Å². The van der Waals surface area contributed by atoms with E-state index < -0.39 is 11.1 Å². The van der Waals surface area contributed by atoms with Crippen molar-refractivity contribution in [2.75, 3.05) is 5.75 Å². The maximum absolute atomic E-state index is 10.4. The van der Waals surface area contributed by atoms with Crippen LogP contribution in [-0.2, 0) is 11.1 Å². The Hall–Kier alpha value is 1.75. The van der Waals surface area contributed by atoms with E-state index in [9.17, 15) is 4.21 Å². The van der Waals surface area contributed by atoms with Crippen molar-refractivity contribution in [2.24, 2.45) is 0 Å². The molecule has 0 saturated heterocycles. The predicted octanol–water partition coefficient (Wildman–Crippen LogP) is 2.81. The van der Waals surface area contributed by atoms with Crippen molar-refractivity contribution in [1.82, 2.24) is 0 Å². The van der Waals surface area contributed by atoms with Gasteiger partial charge >= 0.3 is 51.4 Å². The van der Waals surface area contributed by atoms with Gasteiger partial charge in [-0.1, -0.05) is 90.4 Å². The molecular weight excluding hydrogens is 295 g/mol. The van der Waals surface area contributed by atoms with Crippen LogP contribution in [-0.4, -0.2) is 14.5 Å². The summed E-state index contributed by atoms with van der Waals surface area (Å²) in [5, 5.41) is 0. The van der Waals surface area contributed by atoms with Gasteiger partial charge in [0.25, 0.3) is 0 Å². The first-order chi connectivity index (χ1) is 9.27. The molecule has 0 amide bonds. The Bertz CT molecular complexity index is 207. The van der Waals surface area contributed by atoms with Gasteiger partial charge in [-0.2, -0.15) is 0 Å². The molecule has 1 N–H and O–H groups in total. The van der Waals surface area contributed by atoms with Crippen molar-refractivity contribution in [3.63, 3.8) is 0 Å². The zero-order valence-electron chi connectivity index (χ0n) is 14.9. The van der Waals surface area contributed by atoms with Gasteiger partial charge in [0.05, 0.1) is 0 Å². The van der Waals surface area contributed by atoms with E-state index >= 15 is 0 Å². The topological polar surface area (TPSA) is 37.3 Å². The molecule has 0 aliphatic carbocycles. The minimum Gasteiger partial charge on any atom is -1.00 e. The van der Waals surface area contributed by atoms with E-state index in [-0.39, 0.29) is 52.8 Å². The van der Waals surface area contributed by atoms with E-state index in [4.69, 9.17) is 4.55 Å². The molecule has 0 heterocycles. The SMILES string of the molecule is CCCCCCCCCCCCCCCCS(=O)O.[H-].[K+]. The minimum atomic E-state index is -1.58. The second-order valence-corrected chi connectivity index (χ2v) is 6.67. The van der Waals surface area contributed by atoms with Crippen LogP contribution in [0.15, 0.2) is 0 Å². The summed E-state index contributed by atoms with van der Waals surface area (Å²) in [5.74, 6) is 0.456. The van der Waals surface area contributed by atoms with Crippen molar-refractivity contribution >= 4 is 11.1 Å². The van der Waals surface area contributed by atoms with Crippen LogP contribution in [0.5, 0.6) is 0 Å². The molecular formula is C16H35KO2S. The second kappa shape index (κ2) is 20.7. The van der Waals surface area contributed by atoms with Crippen LogP contribution in [0.2, 0.25) is 0 Å². The molecule has 4 heteroatoms. The first-order valence-corrected chi connectivity index (χ1v) is 9.62.